The van der Waals surface area contributed by atoms with Crippen molar-refractivity contribution in [3.63, 3.8) is 0 Å². The lowest BCUT2D eigenvalue weighted by Crippen LogP contribution is -2.47. The monoisotopic (exact) mass is 491 g/mol. The molecular formula is C25H22FN5O3S. The molecule has 0 aliphatic heterocycles. The molecule has 0 saturated carbocycles. The predicted molar refractivity (Wildman–Crippen MR) is 130 cm³/mol. The first-order valence-electron chi connectivity index (χ1n) is 10.7. The Balaban J connectivity index is 1.38. The molecule has 0 radical (unpaired) electrons. The number of hydrogen-bond donors (Lipinski definition) is 2. The summed E-state index contributed by atoms with van der Waals surface area (Å²) in [5.41, 5.74) is 6.37. The summed E-state index contributed by atoms with van der Waals surface area (Å²) < 4.78 is 20.9. The molecule has 8 nitrogen and oxygen atoms in total. The van der Waals surface area contributed by atoms with E-state index < -0.39 is 23.7 Å². The number of aromatic nitrogens is 3. The highest BCUT2D eigenvalue weighted by molar-refractivity contribution is 7.99. The topological polar surface area (TPSA) is 98.1 Å². The maximum Gasteiger partial charge on any atom is 0.279 e. The summed E-state index contributed by atoms with van der Waals surface area (Å²) in [5, 5.41) is 9.12. The van der Waals surface area contributed by atoms with Crippen molar-refractivity contribution in [3.8, 4) is 22.8 Å². The molecule has 4 rings (SSSR count). The third-order valence-electron chi connectivity index (χ3n) is 4.85. The van der Waals surface area contributed by atoms with Crippen molar-refractivity contribution in [1.82, 2.24) is 25.6 Å². The summed E-state index contributed by atoms with van der Waals surface area (Å²) >= 11 is 1.18. The van der Waals surface area contributed by atoms with Crippen LogP contribution in [0.25, 0.3) is 17.1 Å². The van der Waals surface area contributed by atoms with Crippen molar-refractivity contribution in [1.29, 1.82) is 0 Å². The SMILES string of the molecule is CC(Oc1ccccc1F)C(=O)NNC(=O)CSc1nnc(-c2ccccc2)n1-c1ccccc1. The van der Waals surface area contributed by atoms with Gasteiger partial charge in [-0.05, 0) is 31.2 Å². The van der Waals surface area contributed by atoms with Crippen LogP contribution in [0.3, 0.4) is 0 Å². The lowest BCUT2D eigenvalue weighted by molar-refractivity contribution is -0.132. The molecule has 1 unspecified atom stereocenters. The van der Waals surface area contributed by atoms with E-state index in [1.807, 2.05) is 65.2 Å². The van der Waals surface area contributed by atoms with Gasteiger partial charge in [-0.15, -0.1) is 10.2 Å². The minimum absolute atomic E-state index is 0.0252. The van der Waals surface area contributed by atoms with Gasteiger partial charge in [-0.3, -0.25) is 25.0 Å². The van der Waals surface area contributed by atoms with Crippen LogP contribution in [0.1, 0.15) is 6.92 Å². The van der Waals surface area contributed by atoms with Gasteiger partial charge in [0.25, 0.3) is 5.91 Å². The molecule has 35 heavy (non-hydrogen) atoms. The lowest BCUT2D eigenvalue weighted by atomic mass is 10.2. The van der Waals surface area contributed by atoms with Crippen LogP contribution in [0.4, 0.5) is 4.39 Å². The van der Waals surface area contributed by atoms with E-state index >= 15 is 0 Å². The first kappa shape index (κ1) is 24.0. The summed E-state index contributed by atoms with van der Waals surface area (Å²) in [5.74, 6) is -1.08. The number of nitrogens with one attached hydrogen (secondary N) is 2. The Morgan fingerprint density at radius 2 is 1.60 bits per heavy atom. The van der Waals surface area contributed by atoms with Gasteiger partial charge in [0.15, 0.2) is 28.7 Å². The number of para-hydroxylation sites is 2. The maximum absolute atomic E-state index is 13.7. The molecule has 1 heterocycles. The van der Waals surface area contributed by atoms with E-state index in [4.69, 9.17) is 4.74 Å². The van der Waals surface area contributed by atoms with E-state index in [0.717, 1.165) is 11.3 Å². The van der Waals surface area contributed by atoms with Crippen LogP contribution in [-0.2, 0) is 9.59 Å². The summed E-state index contributed by atoms with van der Waals surface area (Å²) in [4.78, 5) is 24.6. The molecule has 4 aromatic rings. The Bertz CT molecular complexity index is 1300. The van der Waals surface area contributed by atoms with Crippen molar-refractivity contribution < 1.29 is 18.7 Å². The Morgan fingerprint density at radius 1 is 0.943 bits per heavy atom. The second-order valence-electron chi connectivity index (χ2n) is 7.36. The third kappa shape index (κ3) is 6.04. The minimum Gasteiger partial charge on any atom is -0.478 e. The van der Waals surface area contributed by atoms with Crippen molar-refractivity contribution in [3.05, 3.63) is 90.7 Å². The number of benzene rings is 3. The second-order valence-corrected chi connectivity index (χ2v) is 8.30. The van der Waals surface area contributed by atoms with E-state index in [0.29, 0.717) is 11.0 Å². The zero-order valence-electron chi connectivity index (χ0n) is 18.7. The minimum atomic E-state index is -1.02. The molecule has 1 aromatic heterocycles. The van der Waals surface area contributed by atoms with Crippen molar-refractivity contribution in [2.75, 3.05) is 5.75 Å². The zero-order valence-corrected chi connectivity index (χ0v) is 19.5. The van der Waals surface area contributed by atoms with E-state index in [1.54, 1.807) is 6.07 Å². The number of hydrogen-bond acceptors (Lipinski definition) is 6. The fraction of sp³-hybridized carbons (Fsp3) is 0.120. The number of halogens is 1. The Kier molecular flexibility index (Phi) is 7.74. The zero-order chi connectivity index (χ0) is 24.6. The molecule has 3 aromatic carbocycles. The normalized spacial score (nSPS) is 11.5. The van der Waals surface area contributed by atoms with Gasteiger partial charge in [0.2, 0.25) is 5.91 Å². The van der Waals surface area contributed by atoms with Crippen LogP contribution in [0.5, 0.6) is 5.75 Å². The largest absolute Gasteiger partial charge is 0.478 e. The van der Waals surface area contributed by atoms with Gasteiger partial charge in [0.05, 0.1) is 5.75 Å². The van der Waals surface area contributed by atoms with E-state index in [2.05, 4.69) is 21.0 Å². The van der Waals surface area contributed by atoms with Crippen molar-refractivity contribution in [2.24, 2.45) is 0 Å². The molecule has 0 aliphatic rings. The number of thioether (sulfide) groups is 1. The molecule has 0 spiro atoms. The average molecular weight is 492 g/mol. The smallest absolute Gasteiger partial charge is 0.279 e. The van der Waals surface area contributed by atoms with Gasteiger partial charge < -0.3 is 4.74 Å². The van der Waals surface area contributed by atoms with Gasteiger partial charge in [-0.2, -0.15) is 0 Å². The van der Waals surface area contributed by atoms with Crippen molar-refractivity contribution in [2.45, 2.75) is 18.2 Å². The van der Waals surface area contributed by atoms with Crippen LogP contribution >= 0.6 is 11.8 Å². The Hall–Kier alpha value is -4.18. The molecule has 10 heteroatoms. The number of rotatable bonds is 8. The van der Waals surface area contributed by atoms with E-state index in [1.165, 1.54) is 36.9 Å². The number of amides is 2. The molecule has 0 saturated heterocycles. The Morgan fingerprint density at radius 3 is 2.31 bits per heavy atom. The number of carbonyl (C=O) groups is 2. The summed E-state index contributed by atoms with van der Waals surface area (Å²) in [6.07, 6.45) is -1.02. The molecule has 2 N–H and O–H groups in total. The fourth-order valence-corrected chi connectivity index (χ4v) is 3.88. The van der Waals surface area contributed by atoms with E-state index in [9.17, 15) is 14.0 Å². The van der Waals surface area contributed by atoms with Crippen LogP contribution in [0.15, 0.2) is 90.1 Å². The highest BCUT2D eigenvalue weighted by Crippen LogP contribution is 2.27. The first-order chi connectivity index (χ1) is 17.0. The van der Waals surface area contributed by atoms with Crippen LogP contribution in [0.2, 0.25) is 0 Å². The standard InChI is InChI=1S/C25H22FN5O3S/c1-17(34-21-15-9-8-14-20(21)26)24(33)29-27-22(32)16-35-25-30-28-23(18-10-4-2-5-11-18)31(25)19-12-6-3-7-13-19/h2-15,17H,16H2,1H3,(H,27,32)(H,29,33). The first-order valence-corrected chi connectivity index (χ1v) is 11.7. The van der Waals surface area contributed by atoms with Gasteiger partial charge in [0, 0.05) is 11.3 Å². The molecule has 1 atom stereocenters. The highest BCUT2D eigenvalue weighted by atomic mass is 32.2. The van der Waals surface area contributed by atoms with Crippen LogP contribution < -0.4 is 15.6 Å². The van der Waals surface area contributed by atoms with E-state index in [-0.39, 0.29) is 11.5 Å². The summed E-state index contributed by atoms with van der Waals surface area (Å²) in [6.45, 7) is 1.45. The molecule has 0 fully saturated rings. The van der Waals surface area contributed by atoms with Gasteiger partial charge in [0.1, 0.15) is 0 Å². The van der Waals surface area contributed by atoms with Crippen molar-refractivity contribution >= 4 is 23.6 Å². The maximum atomic E-state index is 13.7. The third-order valence-corrected chi connectivity index (χ3v) is 5.78. The summed E-state index contributed by atoms with van der Waals surface area (Å²) in [7, 11) is 0. The fourth-order valence-electron chi connectivity index (χ4n) is 3.13. The average Bonchev–Trinajstić information content (AvgIpc) is 3.32. The summed E-state index contributed by atoms with van der Waals surface area (Å²) in [6, 6.07) is 25.0. The lowest BCUT2D eigenvalue weighted by Gasteiger charge is -2.15. The molecule has 0 bridgehead atoms. The Labute approximate surface area is 205 Å². The number of nitrogens with zero attached hydrogens (tertiary/aromatic N) is 3. The molecular weight excluding hydrogens is 469 g/mol. The van der Waals surface area contributed by atoms with Gasteiger partial charge >= 0.3 is 0 Å². The number of carbonyl (C=O) groups excluding carboxylic acids is 2. The predicted octanol–water partition coefficient (Wildman–Crippen LogP) is 3.78. The quantitative estimate of drug-likeness (QED) is 0.288. The van der Waals surface area contributed by atoms with Crippen LogP contribution in [-0.4, -0.2) is 38.4 Å². The highest BCUT2D eigenvalue weighted by Gasteiger charge is 2.19. The van der Waals surface area contributed by atoms with Gasteiger partial charge in [-0.25, -0.2) is 4.39 Å². The molecule has 2 amide bonds. The second kappa shape index (κ2) is 11.3. The molecule has 0 aliphatic carbocycles. The number of ether oxygens (including phenoxy) is 1. The molecule has 178 valence electrons. The number of hydrazine groups is 1. The van der Waals surface area contributed by atoms with Crippen LogP contribution in [0, 0.1) is 5.82 Å². The van der Waals surface area contributed by atoms with Gasteiger partial charge in [-0.1, -0.05) is 72.4 Å².